The fourth-order valence-corrected chi connectivity index (χ4v) is 6.99. The van der Waals surface area contributed by atoms with Gasteiger partial charge < -0.3 is 28.9 Å². The van der Waals surface area contributed by atoms with E-state index >= 15 is 0 Å². The van der Waals surface area contributed by atoms with Crippen molar-refractivity contribution in [3.05, 3.63) is 71.3 Å². The van der Waals surface area contributed by atoms with Gasteiger partial charge in [-0.3, -0.25) is 0 Å². The fourth-order valence-electron chi connectivity index (χ4n) is 6.99. The van der Waals surface area contributed by atoms with Crippen LogP contribution in [0.2, 0.25) is 0 Å². The molecule has 0 unspecified atom stereocenters. The molecule has 2 saturated heterocycles. The van der Waals surface area contributed by atoms with Crippen LogP contribution >= 0.6 is 0 Å². The summed E-state index contributed by atoms with van der Waals surface area (Å²) in [6.45, 7) is 3.94. The van der Waals surface area contributed by atoms with E-state index in [-0.39, 0.29) is 28.7 Å². The molecule has 1 saturated carbocycles. The van der Waals surface area contributed by atoms with Crippen molar-refractivity contribution in [2.45, 2.75) is 51.4 Å². The van der Waals surface area contributed by atoms with Gasteiger partial charge >= 0.3 is 12.1 Å². The molecule has 0 bridgehead atoms. The molecule has 1 N–H and O–H groups in total. The Morgan fingerprint density at radius 3 is 2.46 bits per heavy atom. The zero-order valence-corrected chi connectivity index (χ0v) is 26.5. The van der Waals surface area contributed by atoms with Crippen molar-refractivity contribution in [1.29, 1.82) is 5.26 Å². The second-order valence-electron chi connectivity index (χ2n) is 13.3. The summed E-state index contributed by atoms with van der Waals surface area (Å²) < 4.78 is 52.5. The lowest BCUT2D eigenvalue weighted by molar-refractivity contribution is -0.137. The van der Waals surface area contributed by atoms with Crippen LogP contribution in [0.25, 0.3) is 11.0 Å². The molecule has 2 aromatic heterocycles. The van der Waals surface area contributed by atoms with Crippen LogP contribution in [0, 0.1) is 22.2 Å². The highest BCUT2D eigenvalue weighted by Gasteiger charge is 2.48. The first kappa shape index (κ1) is 31.6. The van der Waals surface area contributed by atoms with Crippen molar-refractivity contribution in [3.63, 3.8) is 0 Å². The van der Waals surface area contributed by atoms with Gasteiger partial charge in [-0.25, -0.2) is 9.78 Å². The number of pyridine rings is 1. The number of hydrogen-bond donors (Lipinski definition) is 1. The second kappa shape index (κ2) is 11.9. The normalized spacial score (nSPS) is 18.0. The number of carboxylic acids is 1. The molecule has 4 aromatic rings. The molecule has 250 valence electrons. The van der Waals surface area contributed by atoms with Crippen LogP contribution in [0.1, 0.15) is 53.6 Å². The van der Waals surface area contributed by atoms with Crippen molar-refractivity contribution in [1.82, 2.24) is 14.5 Å². The highest BCUT2D eigenvalue weighted by molar-refractivity contribution is 5.93. The van der Waals surface area contributed by atoms with Crippen LogP contribution in [0.5, 0.6) is 11.6 Å². The number of halogens is 3. The van der Waals surface area contributed by atoms with E-state index in [2.05, 4.69) is 25.4 Å². The molecule has 48 heavy (non-hydrogen) atoms. The lowest BCUT2D eigenvalue weighted by atomic mass is 9.72. The van der Waals surface area contributed by atoms with Crippen LogP contribution in [0.4, 0.5) is 24.9 Å². The van der Waals surface area contributed by atoms with E-state index in [9.17, 15) is 28.3 Å². The average molecular weight is 661 g/mol. The standard InChI is InChI=1S/C35H35F3N6O4/c1-47-28-18-25(35(36,37)38)7-5-24(28)19-48-30-4-2-3-29(41-30)42-15-12-34(13-16-42)20-43(21-34)32-40-26-8-6-23(31(45)46)17-27(26)44(32)22-33(9-10-33)11-14-39/h2-8,17-18H,9-13,15-16,19-22H2,1H3,(H,45,46). The Hall–Kier alpha value is -4.99. The Morgan fingerprint density at radius 1 is 1.02 bits per heavy atom. The molecule has 3 fully saturated rings. The Balaban J connectivity index is 1.00. The topological polar surface area (TPSA) is 117 Å². The highest BCUT2D eigenvalue weighted by atomic mass is 19.4. The number of carboxylic acid groups (broad SMARTS) is 1. The fraction of sp³-hybridized carbons (Fsp3) is 0.429. The maximum Gasteiger partial charge on any atom is 0.416 e. The van der Waals surface area contributed by atoms with Gasteiger partial charge in [0.2, 0.25) is 11.8 Å². The van der Waals surface area contributed by atoms with Crippen LogP contribution in [0.15, 0.2) is 54.6 Å². The van der Waals surface area contributed by atoms with Gasteiger partial charge in [-0.05, 0) is 62.1 Å². The molecular formula is C35H35F3N6O4. The molecular weight excluding hydrogens is 625 g/mol. The SMILES string of the molecule is COc1cc(C(F)(F)F)ccc1COc1cccc(N2CCC3(CC2)CN(c2nc4ccc(C(=O)O)cc4n2CC2(CC#N)CC2)C3)n1. The predicted molar refractivity (Wildman–Crippen MR) is 171 cm³/mol. The first-order valence-electron chi connectivity index (χ1n) is 15.9. The lowest BCUT2D eigenvalue weighted by Gasteiger charge is -2.54. The Labute approximate surface area is 275 Å². The third-order valence-corrected chi connectivity index (χ3v) is 10.1. The summed E-state index contributed by atoms with van der Waals surface area (Å²) in [5, 5.41) is 19.0. The smallest absolute Gasteiger partial charge is 0.416 e. The zero-order chi connectivity index (χ0) is 33.7. The van der Waals surface area contributed by atoms with Crippen molar-refractivity contribution in [2.24, 2.45) is 10.8 Å². The maximum atomic E-state index is 13.1. The number of carbonyl (C=O) groups is 1. The van der Waals surface area contributed by atoms with Gasteiger partial charge in [0.1, 0.15) is 18.2 Å². The predicted octanol–water partition coefficient (Wildman–Crippen LogP) is 6.54. The third-order valence-electron chi connectivity index (χ3n) is 10.1. The van der Waals surface area contributed by atoms with Crippen molar-refractivity contribution in [3.8, 4) is 17.7 Å². The van der Waals surface area contributed by atoms with Crippen LogP contribution in [0.3, 0.4) is 0 Å². The van der Waals surface area contributed by atoms with E-state index in [1.54, 1.807) is 24.3 Å². The monoisotopic (exact) mass is 660 g/mol. The van der Waals surface area contributed by atoms with Crippen LogP contribution in [-0.4, -0.2) is 58.9 Å². The summed E-state index contributed by atoms with van der Waals surface area (Å²) in [7, 11) is 1.33. The van der Waals surface area contributed by atoms with Gasteiger partial charge in [0, 0.05) is 61.6 Å². The quantitative estimate of drug-likeness (QED) is 0.203. The van der Waals surface area contributed by atoms with Gasteiger partial charge in [0.15, 0.2) is 0 Å². The average Bonchev–Trinajstić information content (AvgIpc) is 3.73. The van der Waals surface area contributed by atoms with Gasteiger partial charge in [-0.2, -0.15) is 23.4 Å². The third kappa shape index (κ3) is 6.07. The van der Waals surface area contributed by atoms with E-state index in [0.29, 0.717) is 24.4 Å². The molecule has 3 aliphatic rings. The van der Waals surface area contributed by atoms with Gasteiger partial charge in [0.25, 0.3) is 0 Å². The molecule has 0 atom stereocenters. The van der Waals surface area contributed by atoms with E-state index < -0.39 is 17.7 Å². The number of nitrogens with zero attached hydrogens (tertiary/aromatic N) is 6. The molecule has 4 heterocycles. The Bertz CT molecular complexity index is 1900. The van der Waals surface area contributed by atoms with E-state index in [1.807, 2.05) is 12.1 Å². The van der Waals surface area contributed by atoms with E-state index in [0.717, 1.165) is 86.8 Å². The molecule has 0 radical (unpaired) electrons. The largest absolute Gasteiger partial charge is 0.496 e. The Kier molecular flexibility index (Phi) is 7.84. The summed E-state index contributed by atoms with van der Waals surface area (Å²) in [6, 6.07) is 16.2. The maximum absolute atomic E-state index is 13.1. The molecule has 1 aliphatic carbocycles. The molecule has 1 spiro atoms. The number of aromatic carboxylic acids is 1. The molecule has 2 aromatic carbocycles. The van der Waals surface area contributed by atoms with Crippen molar-refractivity contribution < 1.29 is 32.5 Å². The van der Waals surface area contributed by atoms with Crippen LogP contribution in [-0.2, 0) is 19.3 Å². The lowest BCUT2D eigenvalue weighted by Crippen LogP contribution is -2.61. The van der Waals surface area contributed by atoms with E-state index in [4.69, 9.17) is 14.5 Å². The van der Waals surface area contributed by atoms with Gasteiger partial charge in [-0.15, -0.1) is 0 Å². The number of rotatable bonds is 10. The zero-order valence-electron chi connectivity index (χ0n) is 26.5. The summed E-state index contributed by atoms with van der Waals surface area (Å²) in [5.74, 6) is 1.11. The molecule has 2 aliphatic heterocycles. The molecule has 0 amide bonds. The number of piperidine rings is 1. The van der Waals surface area contributed by atoms with Gasteiger partial charge in [-0.1, -0.05) is 12.1 Å². The highest BCUT2D eigenvalue weighted by Crippen LogP contribution is 2.52. The summed E-state index contributed by atoms with van der Waals surface area (Å²) in [5.41, 5.74) is 1.51. The molecule has 10 nitrogen and oxygen atoms in total. The van der Waals surface area contributed by atoms with Gasteiger partial charge in [0.05, 0.1) is 35.3 Å². The number of alkyl halides is 3. The summed E-state index contributed by atoms with van der Waals surface area (Å²) >= 11 is 0. The number of hydrogen-bond acceptors (Lipinski definition) is 8. The minimum atomic E-state index is -4.46. The minimum absolute atomic E-state index is 0.0106. The Morgan fingerprint density at radius 2 is 1.79 bits per heavy atom. The summed E-state index contributed by atoms with van der Waals surface area (Å²) in [4.78, 5) is 25.9. The summed E-state index contributed by atoms with van der Waals surface area (Å²) in [6.07, 6.45) is -0.130. The number of anilines is 2. The number of nitriles is 1. The van der Waals surface area contributed by atoms with E-state index in [1.165, 1.54) is 13.2 Å². The number of methoxy groups -OCH3 is 1. The second-order valence-corrected chi connectivity index (χ2v) is 13.3. The minimum Gasteiger partial charge on any atom is -0.496 e. The number of ether oxygens (including phenoxy) is 2. The first-order chi connectivity index (χ1) is 23.0. The number of fused-ring (bicyclic) bond motifs is 1. The molecule has 7 rings (SSSR count). The number of aromatic nitrogens is 3. The van der Waals surface area contributed by atoms with Crippen molar-refractivity contribution >= 4 is 28.8 Å². The number of imidazole rings is 1. The number of benzene rings is 2. The first-order valence-corrected chi connectivity index (χ1v) is 15.9. The van der Waals surface area contributed by atoms with Crippen LogP contribution < -0.4 is 19.3 Å². The molecule has 13 heteroatoms. The van der Waals surface area contributed by atoms with Crippen molar-refractivity contribution in [2.75, 3.05) is 43.1 Å².